The number of unbranched alkanes of at least 4 members (excludes halogenated alkanes) is 1. The van der Waals surface area contributed by atoms with Gasteiger partial charge in [0.1, 0.15) is 40.3 Å². The van der Waals surface area contributed by atoms with Crippen molar-refractivity contribution in [1.29, 1.82) is 0 Å². The summed E-state index contributed by atoms with van der Waals surface area (Å²) in [5.41, 5.74) is 4.71. The van der Waals surface area contributed by atoms with Crippen LogP contribution in [0.2, 0.25) is 5.02 Å². The van der Waals surface area contributed by atoms with E-state index >= 15 is 0 Å². The number of aromatic nitrogens is 1. The van der Waals surface area contributed by atoms with E-state index in [0.29, 0.717) is 79.2 Å². The molecule has 17 heteroatoms. The number of ether oxygens (including phenoxy) is 1. The largest absolute Gasteiger partial charge is 0.744 e. The summed E-state index contributed by atoms with van der Waals surface area (Å²) in [5.74, 6) is 0.470. The lowest BCUT2D eigenvalue weighted by molar-refractivity contribution is -0.120. The lowest BCUT2D eigenvalue weighted by Gasteiger charge is -2.23. The number of rotatable bonds is 18. The molecule has 0 atom stereocenters. The average molecular weight is 969 g/mol. The van der Waals surface area contributed by atoms with Crippen LogP contribution in [-0.4, -0.2) is 84.1 Å². The Morgan fingerprint density at radius 1 is 0.821 bits per heavy atom. The highest BCUT2D eigenvalue weighted by molar-refractivity contribution is 7.89. The second-order valence-corrected chi connectivity index (χ2v) is 19.6. The number of carbonyl (C=O) groups is 2. The molecule has 0 radical (unpaired) electrons. The lowest BCUT2D eigenvalue weighted by Crippen LogP contribution is -2.29. The molecule has 2 heterocycles. The highest BCUT2D eigenvalue weighted by Crippen LogP contribution is 2.43. The van der Waals surface area contributed by atoms with Gasteiger partial charge in [0.2, 0.25) is 21.3 Å². The molecule has 1 amide bonds. The first-order valence-electron chi connectivity index (χ1n) is 22.2. The molecule has 0 saturated carbocycles. The first-order chi connectivity index (χ1) is 32.0. The number of nitrogens with one attached hydrogen (secondary N) is 2. The monoisotopic (exact) mass is 967 g/mol. The van der Waals surface area contributed by atoms with Crippen LogP contribution in [0, 0.1) is 6.92 Å². The molecule has 0 bridgehead atoms. The molecule has 2 aliphatic rings. The minimum absolute atomic E-state index is 0.0258. The van der Waals surface area contributed by atoms with Gasteiger partial charge in [-0.3, -0.25) is 14.2 Å². The van der Waals surface area contributed by atoms with Crippen LogP contribution in [0.15, 0.2) is 111 Å². The molecular weight excluding hydrogens is 914 g/mol. The second-order valence-electron chi connectivity index (χ2n) is 16.0. The van der Waals surface area contributed by atoms with Gasteiger partial charge in [0.05, 0.1) is 34.9 Å². The van der Waals surface area contributed by atoms with E-state index in [2.05, 4.69) is 19.5 Å². The first kappa shape index (κ1) is 48.9. The number of anilines is 1. The maximum atomic E-state index is 13.7. The summed E-state index contributed by atoms with van der Waals surface area (Å²) in [5, 5.41) is 5.54. The van der Waals surface area contributed by atoms with Crippen molar-refractivity contribution in [2.45, 2.75) is 63.7 Å². The number of amides is 1. The van der Waals surface area contributed by atoms with Gasteiger partial charge in [-0.05, 0) is 126 Å². The standard InChI is InChI=1S/C50H54ClN5O9S2/c1-7-54(8-2)35-17-21-39-45(27-35)65-46-28-36(55(9-3)10-4)18-22-40(46)49(39)41-23-20-38(30-47(41)67(61,62)63)66(59,60)53-26-12-11-25-52-48(57)31-42-32(5)56(44-24-19-37(64-6)29-43(42)44)50(58)33-13-15-34(51)16-14-33/h13-24,27-30,53H,7-12,25-26,31H2,1-6H3,(H-,52,57,61,62,63). The molecular formula is C50H54ClN5O9S2. The van der Waals surface area contributed by atoms with Gasteiger partial charge in [-0.15, -0.1) is 0 Å². The molecule has 0 saturated heterocycles. The molecule has 2 N–H and O–H groups in total. The summed E-state index contributed by atoms with van der Waals surface area (Å²) in [6.07, 6.45) is 0.704. The fraction of sp³-hybridized carbons (Fsp3) is 0.300. The highest BCUT2D eigenvalue weighted by Gasteiger charge is 2.26. The number of halogens is 1. The second kappa shape index (κ2) is 20.4. The van der Waals surface area contributed by atoms with Gasteiger partial charge in [0.15, 0.2) is 0 Å². The van der Waals surface area contributed by atoms with E-state index in [1.807, 2.05) is 64.1 Å². The van der Waals surface area contributed by atoms with Crippen molar-refractivity contribution in [3.05, 3.63) is 124 Å². The molecule has 4 aromatic carbocycles. The van der Waals surface area contributed by atoms with Crippen LogP contribution in [0.5, 0.6) is 5.75 Å². The summed E-state index contributed by atoms with van der Waals surface area (Å²) in [7, 11) is -7.97. The van der Waals surface area contributed by atoms with E-state index < -0.39 is 25.0 Å². The third-order valence-corrected chi connectivity index (χ3v) is 14.7. The smallest absolute Gasteiger partial charge is 0.262 e. The molecule has 14 nitrogen and oxygen atoms in total. The van der Waals surface area contributed by atoms with Crippen LogP contribution in [0.4, 0.5) is 5.69 Å². The van der Waals surface area contributed by atoms with E-state index in [9.17, 15) is 31.0 Å². The molecule has 0 spiro atoms. The van der Waals surface area contributed by atoms with Crippen LogP contribution < -0.4 is 29.6 Å². The molecule has 1 aromatic heterocycles. The summed E-state index contributed by atoms with van der Waals surface area (Å²) < 4.78 is 84.7. The number of nitrogens with zero attached hydrogens (tertiary/aromatic N) is 3. The fourth-order valence-corrected chi connectivity index (χ4v) is 10.6. The molecule has 0 unspecified atom stereocenters. The van der Waals surface area contributed by atoms with Crippen molar-refractivity contribution in [1.82, 2.24) is 19.2 Å². The van der Waals surface area contributed by atoms with Crippen LogP contribution in [0.25, 0.3) is 44.3 Å². The van der Waals surface area contributed by atoms with Crippen LogP contribution >= 0.6 is 11.6 Å². The molecule has 1 aliphatic carbocycles. The third-order valence-electron chi connectivity index (χ3n) is 12.1. The van der Waals surface area contributed by atoms with Gasteiger partial charge in [-0.2, -0.15) is 0 Å². The molecule has 0 fully saturated rings. The summed E-state index contributed by atoms with van der Waals surface area (Å²) in [6.45, 7) is 13.1. The minimum Gasteiger partial charge on any atom is -0.744 e. The van der Waals surface area contributed by atoms with E-state index in [4.69, 9.17) is 20.8 Å². The number of hydrogen-bond donors (Lipinski definition) is 2. The highest BCUT2D eigenvalue weighted by atomic mass is 35.5. The maximum Gasteiger partial charge on any atom is 0.262 e. The SMILES string of the molecule is CCN(CC)c1ccc2c(-c3ccc(S(=O)(=O)NCCCCNC(=O)Cc4c(C)n(C(=O)c5ccc(Cl)cc5)c5ccc(OC)cc45)cc3S(=O)(=O)[O-])c3ccc(=[N+](CC)CC)cc-3oc2c1. The quantitative estimate of drug-likeness (QED) is 0.0373. The molecule has 5 aromatic rings. The van der Waals surface area contributed by atoms with Gasteiger partial charge in [0, 0.05) is 87.7 Å². The number of sulfonamides is 1. The molecule has 67 heavy (non-hydrogen) atoms. The molecule has 352 valence electrons. The van der Waals surface area contributed by atoms with Crippen molar-refractivity contribution < 1.29 is 40.1 Å². The Hall–Kier alpha value is -6.04. The van der Waals surface area contributed by atoms with Crippen molar-refractivity contribution in [3.8, 4) is 28.2 Å². The first-order valence-corrected chi connectivity index (χ1v) is 25.5. The zero-order valence-corrected chi connectivity index (χ0v) is 40.7. The maximum absolute atomic E-state index is 13.7. The number of carbonyl (C=O) groups excluding carboxylic acids is 2. The minimum atomic E-state index is -5.22. The molecule has 1 aliphatic heterocycles. The predicted octanol–water partition coefficient (Wildman–Crippen LogP) is 7.80. The summed E-state index contributed by atoms with van der Waals surface area (Å²) in [4.78, 5) is 28.1. The Balaban J connectivity index is 1.08. The van der Waals surface area contributed by atoms with Gasteiger partial charge < -0.3 is 23.9 Å². The van der Waals surface area contributed by atoms with Crippen molar-refractivity contribution >= 4 is 71.1 Å². The van der Waals surface area contributed by atoms with Crippen molar-refractivity contribution in [2.24, 2.45) is 0 Å². The molecule has 7 rings (SSSR count). The van der Waals surface area contributed by atoms with Gasteiger partial charge >= 0.3 is 0 Å². The Morgan fingerprint density at radius 3 is 2.19 bits per heavy atom. The lowest BCUT2D eigenvalue weighted by atomic mass is 9.93. The number of fused-ring (bicyclic) bond motifs is 3. The van der Waals surface area contributed by atoms with Gasteiger partial charge in [-0.1, -0.05) is 17.7 Å². The van der Waals surface area contributed by atoms with Gasteiger partial charge in [0.25, 0.3) is 5.91 Å². The third kappa shape index (κ3) is 10.3. The van der Waals surface area contributed by atoms with Gasteiger partial charge in [-0.25, -0.2) is 26.1 Å². The Bertz CT molecular complexity index is 3260. The van der Waals surface area contributed by atoms with E-state index in [-0.39, 0.29) is 41.8 Å². The number of methoxy groups -OCH3 is 1. The normalized spacial score (nSPS) is 11.9. The van der Waals surface area contributed by atoms with Crippen molar-refractivity contribution in [3.63, 3.8) is 0 Å². The average Bonchev–Trinajstić information content (AvgIpc) is 3.58. The fourth-order valence-electron chi connectivity index (χ4n) is 8.60. The summed E-state index contributed by atoms with van der Waals surface area (Å²) in [6, 6.07) is 26.7. The van der Waals surface area contributed by atoms with Crippen LogP contribution in [-0.2, 0) is 31.4 Å². The summed E-state index contributed by atoms with van der Waals surface area (Å²) >= 11 is 6.06. The number of benzene rings is 5. The zero-order chi connectivity index (χ0) is 48.2. The number of hydrogen-bond acceptors (Lipinski definition) is 10. The van der Waals surface area contributed by atoms with E-state index in [1.165, 1.54) is 19.2 Å². The topological polar surface area (TPSA) is 183 Å². The predicted molar refractivity (Wildman–Crippen MR) is 262 cm³/mol. The van der Waals surface area contributed by atoms with E-state index in [0.717, 1.165) is 43.3 Å². The Labute approximate surface area is 396 Å². The Morgan fingerprint density at radius 2 is 1.52 bits per heavy atom. The Kier molecular flexibility index (Phi) is 14.9. The van der Waals surface area contributed by atoms with Crippen LogP contribution in [0.1, 0.15) is 62.2 Å². The zero-order valence-electron chi connectivity index (χ0n) is 38.3. The van der Waals surface area contributed by atoms with E-state index in [1.54, 1.807) is 54.0 Å². The van der Waals surface area contributed by atoms with Crippen LogP contribution in [0.3, 0.4) is 0 Å². The van der Waals surface area contributed by atoms with Crippen molar-refractivity contribution in [2.75, 3.05) is 51.3 Å².